The smallest absolute Gasteiger partial charge is 0.102 e. The quantitative estimate of drug-likeness (QED) is 0.432. The Morgan fingerprint density at radius 1 is 1.00 bits per heavy atom. The van der Waals surface area contributed by atoms with Crippen LogP contribution in [0.1, 0.15) is 6.42 Å². The Balaban J connectivity index is 2.10. The largest absolute Gasteiger partial charge is 0.187 e. The lowest BCUT2D eigenvalue weighted by Crippen LogP contribution is -2.33. The van der Waals surface area contributed by atoms with Crippen molar-refractivity contribution in [3.05, 3.63) is 12.2 Å². The number of rotatable bonds is 0. The molecule has 0 saturated heterocycles. The summed E-state index contributed by atoms with van der Waals surface area (Å²) in [5.41, 5.74) is 0. The van der Waals surface area contributed by atoms with Crippen LogP contribution in [0.3, 0.4) is 0 Å². The molecule has 0 amide bonds. The zero-order valence-electron chi connectivity index (χ0n) is 5.07. The molecule has 2 bridgehead atoms. The van der Waals surface area contributed by atoms with Gasteiger partial charge in [-0.15, -0.1) is 0 Å². The van der Waals surface area contributed by atoms with Gasteiger partial charge >= 0.3 is 0 Å². The molecule has 1 heterocycles. The predicted molar refractivity (Wildman–Crippen MR) is 33.2 cm³/mol. The summed E-state index contributed by atoms with van der Waals surface area (Å²) in [6, 6.07) is 1.19. The Hall–Kier alpha value is -0.660. The monoisotopic (exact) mass is 120 g/mol. The minimum Gasteiger partial charge on any atom is -0.187 e. The van der Waals surface area contributed by atoms with Crippen LogP contribution in [0.25, 0.3) is 0 Å². The Labute approximate surface area is 53.7 Å². The summed E-state index contributed by atoms with van der Waals surface area (Å²) in [5, 5.41) is 8.17. The number of hydrogen-bond donors (Lipinski definition) is 0. The van der Waals surface area contributed by atoms with Gasteiger partial charge in [-0.25, -0.2) is 0 Å². The van der Waals surface area contributed by atoms with Crippen molar-refractivity contribution >= 4 is 0 Å². The molecule has 0 spiro atoms. The van der Waals surface area contributed by atoms with E-state index in [2.05, 4.69) is 22.4 Å². The standard InChI is InChI=1S/C7H8N2/c1-2-5-3-4(1)6-7(5)9-8-6/h1-2,4-7H,3H2/t4-,5+,6-,7-/m1/s1. The summed E-state index contributed by atoms with van der Waals surface area (Å²) >= 11 is 0. The Morgan fingerprint density at radius 2 is 1.56 bits per heavy atom. The van der Waals surface area contributed by atoms with Gasteiger partial charge in [0.05, 0.1) is 0 Å². The normalized spacial score (nSPS) is 57.8. The maximum atomic E-state index is 4.09. The summed E-state index contributed by atoms with van der Waals surface area (Å²) in [5.74, 6) is 1.52. The van der Waals surface area contributed by atoms with E-state index < -0.39 is 0 Å². The van der Waals surface area contributed by atoms with E-state index in [-0.39, 0.29) is 0 Å². The molecular weight excluding hydrogens is 112 g/mol. The third kappa shape index (κ3) is 0.326. The topological polar surface area (TPSA) is 24.7 Å². The van der Waals surface area contributed by atoms with E-state index in [4.69, 9.17) is 0 Å². The van der Waals surface area contributed by atoms with Crippen LogP contribution in [-0.2, 0) is 0 Å². The molecule has 1 fully saturated rings. The van der Waals surface area contributed by atoms with Crippen LogP contribution in [0.15, 0.2) is 22.4 Å². The van der Waals surface area contributed by atoms with Crippen molar-refractivity contribution in [2.75, 3.05) is 0 Å². The minimum absolute atomic E-state index is 0.597. The van der Waals surface area contributed by atoms with Crippen LogP contribution in [-0.4, -0.2) is 12.1 Å². The van der Waals surface area contributed by atoms with Crippen LogP contribution >= 0.6 is 0 Å². The fourth-order valence-electron chi connectivity index (χ4n) is 2.16. The van der Waals surface area contributed by atoms with E-state index in [0.717, 1.165) is 11.8 Å². The molecule has 3 aliphatic rings. The number of azo groups is 1. The maximum Gasteiger partial charge on any atom is 0.102 e. The SMILES string of the molecule is C1=C[C@H]2C[C@@H]1[C@H]1N=N[C@@H]12. The first-order chi connectivity index (χ1) is 4.45. The molecule has 4 atom stereocenters. The van der Waals surface area contributed by atoms with Gasteiger partial charge in [0.25, 0.3) is 0 Å². The first kappa shape index (κ1) is 4.20. The molecule has 1 aliphatic heterocycles. The van der Waals surface area contributed by atoms with Crippen LogP contribution in [0.4, 0.5) is 0 Å². The molecule has 46 valence electrons. The van der Waals surface area contributed by atoms with Gasteiger partial charge in [0, 0.05) is 11.8 Å². The second-order valence-corrected chi connectivity index (χ2v) is 3.16. The summed E-state index contributed by atoms with van der Waals surface area (Å²) in [6.07, 6.45) is 5.94. The maximum absolute atomic E-state index is 4.09. The molecule has 0 unspecified atom stereocenters. The van der Waals surface area contributed by atoms with Gasteiger partial charge in [0.1, 0.15) is 12.1 Å². The van der Waals surface area contributed by atoms with Crippen LogP contribution in [0, 0.1) is 11.8 Å². The molecule has 1 saturated carbocycles. The number of nitrogens with zero attached hydrogens (tertiary/aromatic N) is 2. The van der Waals surface area contributed by atoms with Crippen molar-refractivity contribution in [3.8, 4) is 0 Å². The molecule has 2 nitrogen and oxygen atoms in total. The summed E-state index contributed by atoms with van der Waals surface area (Å²) in [4.78, 5) is 0. The van der Waals surface area contributed by atoms with Crippen molar-refractivity contribution in [1.29, 1.82) is 0 Å². The molecule has 2 heteroatoms. The Bertz CT molecular complexity index is 183. The summed E-state index contributed by atoms with van der Waals surface area (Å²) in [6.45, 7) is 0. The molecule has 0 radical (unpaired) electrons. The molecule has 9 heavy (non-hydrogen) atoms. The van der Waals surface area contributed by atoms with Gasteiger partial charge in [-0.2, -0.15) is 10.2 Å². The molecule has 3 rings (SSSR count). The van der Waals surface area contributed by atoms with Crippen molar-refractivity contribution in [1.82, 2.24) is 0 Å². The van der Waals surface area contributed by atoms with E-state index in [0.29, 0.717) is 12.1 Å². The zero-order chi connectivity index (χ0) is 5.84. The van der Waals surface area contributed by atoms with E-state index in [1.807, 2.05) is 0 Å². The lowest BCUT2D eigenvalue weighted by molar-refractivity contribution is 0.379. The van der Waals surface area contributed by atoms with Gasteiger partial charge in [-0.1, -0.05) is 12.2 Å². The lowest BCUT2D eigenvalue weighted by Gasteiger charge is -2.26. The van der Waals surface area contributed by atoms with E-state index in [9.17, 15) is 0 Å². The highest BCUT2D eigenvalue weighted by atomic mass is 15.3. The van der Waals surface area contributed by atoms with Crippen LogP contribution in [0.5, 0.6) is 0 Å². The highest BCUT2D eigenvalue weighted by Gasteiger charge is 2.49. The molecular formula is C7H8N2. The number of hydrogen-bond acceptors (Lipinski definition) is 2. The van der Waals surface area contributed by atoms with E-state index >= 15 is 0 Å². The molecule has 2 aliphatic carbocycles. The number of fused-ring (bicyclic) bond motifs is 5. The zero-order valence-corrected chi connectivity index (χ0v) is 5.07. The van der Waals surface area contributed by atoms with Crippen molar-refractivity contribution in [2.45, 2.75) is 18.5 Å². The first-order valence-corrected chi connectivity index (χ1v) is 3.53. The Kier molecular flexibility index (Phi) is 0.516. The fraction of sp³-hybridized carbons (Fsp3) is 0.714. The summed E-state index contributed by atoms with van der Waals surface area (Å²) in [7, 11) is 0. The predicted octanol–water partition coefficient (Wildman–Crippen LogP) is 1.40. The molecule has 0 aromatic heterocycles. The van der Waals surface area contributed by atoms with Gasteiger partial charge in [0.15, 0.2) is 0 Å². The molecule has 0 aromatic carbocycles. The third-order valence-electron chi connectivity index (χ3n) is 2.71. The third-order valence-corrected chi connectivity index (χ3v) is 2.71. The van der Waals surface area contributed by atoms with Crippen molar-refractivity contribution < 1.29 is 0 Å². The van der Waals surface area contributed by atoms with Crippen molar-refractivity contribution in [3.63, 3.8) is 0 Å². The highest BCUT2D eigenvalue weighted by Crippen LogP contribution is 2.47. The molecule has 0 N–H and O–H groups in total. The second kappa shape index (κ2) is 1.11. The van der Waals surface area contributed by atoms with Gasteiger partial charge in [-0.3, -0.25) is 0 Å². The van der Waals surface area contributed by atoms with Gasteiger partial charge in [-0.05, 0) is 6.42 Å². The van der Waals surface area contributed by atoms with Gasteiger partial charge in [0.2, 0.25) is 0 Å². The van der Waals surface area contributed by atoms with E-state index in [1.165, 1.54) is 6.42 Å². The average molecular weight is 120 g/mol. The van der Waals surface area contributed by atoms with Gasteiger partial charge < -0.3 is 0 Å². The molecule has 0 aromatic rings. The van der Waals surface area contributed by atoms with Crippen molar-refractivity contribution in [2.24, 2.45) is 22.1 Å². The summed E-state index contributed by atoms with van der Waals surface area (Å²) < 4.78 is 0. The Morgan fingerprint density at radius 3 is 1.89 bits per heavy atom. The second-order valence-electron chi connectivity index (χ2n) is 3.16. The first-order valence-electron chi connectivity index (χ1n) is 3.53. The average Bonchev–Trinajstić information content (AvgIpc) is 2.18. The van der Waals surface area contributed by atoms with Crippen LogP contribution < -0.4 is 0 Å². The van der Waals surface area contributed by atoms with Crippen LogP contribution in [0.2, 0.25) is 0 Å². The fourth-order valence-corrected chi connectivity index (χ4v) is 2.16. The lowest BCUT2D eigenvalue weighted by atomic mass is 9.95. The highest BCUT2D eigenvalue weighted by molar-refractivity contribution is 5.21. The minimum atomic E-state index is 0.597. The van der Waals surface area contributed by atoms with E-state index in [1.54, 1.807) is 0 Å².